The van der Waals surface area contributed by atoms with E-state index in [0.29, 0.717) is 4.99 Å². The lowest BCUT2D eigenvalue weighted by Crippen LogP contribution is -2.11. The molecule has 0 bridgehead atoms. The largest absolute Gasteiger partial charge is 0.497 e. The number of ether oxygens (including phenoxy) is 1. The van der Waals surface area contributed by atoms with Crippen molar-refractivity contribution in [3.05, 3.63) is 53.6 Å². The number of anilines is 2. The lowest BCUT2D eigenvalue weighted by atomic mass is 10.1. The minimum atomic E-state index is 0.422. The molecule has 4 heteroatoms. The van der Waals surface area contributed by atoms with E-state index in [1.54, 1.807) is 7.11 Å². The van der Waals surface area contributed by atoms with Gasteiger partial charge in [-0.05, 0) is 42.8 Å². The Morgan fingerprint density at radius 3 is 2.53 bits per heavy atom. The van der Waals surface area contributed by atoms with Crippen LogP contribution >= 0.6 is 12.2 Å². The highest BCUT2D eigenvalue weighted by atomic mass is 32.1. The predicted octanol–water partition coefficient (Wildman–Crippen LogP) is 3.38. The Morgan fingerprint density at radius 1 is 1.16 bits per heavy atom. The Bertz CT molecular complexity index is 611. The summed E-state index contributed by atoms with van der Waals surface area (Å²) >= 11 is 5.00. The van der Waals surface area contributed by atoms with Crippen molar-refractivity contribution in [2.24, 2.45) is 5.73 Å². The van der Waals surface area contributed by atoms with Crippen molar-refractivity contribution in [1.29, 1.82) is 0 Å². The molecule has 98 valence electrons. The lowest BCUT2D eigenvalue weighted by molar-refractivity contribution is 0.415. The Balaban J connectivity index is 2.23. The van der Waals surface area contributed by atoms with Crippen LogP contribution in [0.3, 0.4) is 0 Å². The summed E-state index contributed by atoms with van der Waals surface area (Å²) in [6.07, 6.45) is 0. The van der Waals surface area contributed by atoms with Crippen molar-refractivity contribution in [1.82, 2.24) is 0 Å². The van der Waals surface area contributed by atoms with E-state index in [1.165, 1.54) is 0 Å². The summed E-state index contributed by atoms with van der Waals surface area (Å²) in [5.41, 5.74) is 9.58. The normalized spacial score (nSPS) is 10.0. The summed E-state index contributed by atoms with van der Waals surface area (Å²) in [5.74, 6) is 0.821. The fourth-order valence-electron chi connectivity index (χ4n) is 1.89. The maximum absolute atomic E-state index is 5.65. The molecular weight excluding hydrogens is 256 g/mol. The monoisotopic (exact) mass is 272 g/mol. The van der Waals surface area contributed by atoms with Crippen LogP contribution < -0.4 is 15.8 Å². The van der Waals surface area contributed by atoms with Gasteiger partial charge < -0.3 is 15.8 Å². The molecule has 3 N–H and O–H groups in total. The highest BCUT2D eigenvalue weighted by Crippen LogP contribution is 2.23. The van der Waals surface area contributed by atoms with E-state index in [4.69, 9.17) is 22.7 Å². The average molecular weight is 272 g/mol. The van der Waals surface area contributed by atoms with Crippen LogP contribution in [0.25, 0.3) is 0 Å². The number of hydrogen-bond donors (Lipinski definition) is 2. The molecule has 0 aliphatic carbocycles. The molecule has 2 rings (SSSR count). The van der Waals surface area contributed by atoms with Crippen LogP contribution in [0.2, 0.25) is 0 Å². The molecular formula is C15H16N2OS. The van der Waals surface area contributed by atoms with Crippen molar-refractivity contribution < 1.29 is 4.74 Å². The molecule has 0 unspecified atom stereocenters. The van der Waals surface area contributed by atoms with E-state index in [-0.39, 0.29) is 0 Å². The Kier molecular flexibility index (Phi) is 4.02. The first-order valence-corrected chi connectivity index (χ1v) is 6.32. The maximum atomic E-state index is 5.65. The molecule has 0 aliphatic rings. The summed E-state index contributed by atoms with van der Waals surface area (Å²) in [5, 5.41) is 3.32. The van der Waals surface area contributed by atoms with Crippen molar-refractivity contribution >= 4 is 28.6 Å². The van der Waals surface area contributed by atoms with Crippen molar-refractivity contribution in [2.45, 2.75) is 6.92 Å². The fourth-order valence-corrected chi connectivity index (χ4v) is 2.11. The fraction of sp³-hybridized carbons (Fsp3) is 0.133. The Hall–Kier alpha value is -2.07. The minimum absolute atomic E-state index is 0.422. The first-order valence-electron chi connectivity index (χ1n) is 5.91. The van der Waals surface area contributed by atoms with Crippen LogP contribution in [0, 0.1) is 6.92 Å². The topological polar surface area (TPSA) is 47.3 Å². The van der Waals surface area contributed by atoms with Gasteiger partial charge in [0, 0.05) is 23.0 Å². The molecule has 0 fully saturated rings. The summed E-state index contributed by atoms with van der Waals surface area (Å²) in [7, 11) is 1.65. The van der Waals surface area contributed by atoms with Gasteiger partial charge in [0.2, 0.25) is 0 Å². The molecule has 2 aromatic carbocycles. The van der Waals surface area contributed by atoms with E-state index >= 15 is 0 Å². The SMILES string of the molecule is COc1cccc(Nc2ccc(C(N)=S)c(C)c2)c1. The van der Waals surface area contributed by atoms with E-state index in [2.05, 4.69) is 5.32 Å². The average Bonchev–Trinajstić information content (AvgIpc) is 2.38. The maximum Gasteiger partial charge on any atom is 0.120 e. The van der Waals surface area contributed by atoms with Gasteiger partial charge >= 0.3 is 0 Å². The summed E-state index contributed by atoms with van der Waals surface area (Å²) in [6, 6.07) is 13.7. The second-order valence-corrected chi connectivity index (χ2v) is 4.69. The first-order chi connectivity index (χ1) is 9.10. The van der Waals surface area contributed by atoms with Crippen molar-refractivity contribution in [3.63, 3.8) is 0 Å². The van der Waals surface area contributed by atoms with Gasteiger partial charge in [0.1, 0.15) is 10.7 Å². The van der Waals surface area contributed by atoms with Crippen molar-refractivity contribution in [3.8, 4) is 5.75 Å². The van der Waals surface area contributed by atoms with Gasteiger partial charge in [-0.3, -0.25) is 0 Å². The number of rotatable bonds is 4. The summed E-state index contributed by atoms with van der Waals surface area (Å²) < 4.78 is 5.19. The van der Waals surface area contributed by atoms with Gasteiger partial charge in [0.15, 0.2) is 0 Å². The highest BCUT2D eigenvalue weighted by molar-refractivity contribution is 7.80. The zero-order valence-corrected chi connectivity index (χ0v) is 11.8. The zero-order chi connectivity index (χ0) is 13.8. The smallest absolute Gasteiger partial charge is 0.120 e. The second kappa shape index (κ2) is 5.71. The molecule has 0 atom stereocenters. The number of methoxy groups -OCH3 is 1. The zero-order valence-electron chi connectivity index (χ0n) is 10.9. The molecule has 3 nitrogen and oxygen atoms in total. The molecule has 0 heterocycles. The van der Waals surface area contributed by atoms with Crippen molar-refractivity contribution in [2.75, 3.05) is 12.4 Å². The molecule has 0 saturated heterocycles. The van der Waals surface area contributed by atoms with E-state index in [9.17, 15) is 0 Å². The third kappa shape index (κ3) is 3.23. The van der Waals surface area contributed by atoms with E-state index < -0.39 is 0 Å². The number of nitrogens with two attached hydrogens (primary N) is 1. The molecule has 0 spiro atoms. The predicted molar refractivity (Wildman–Crippen MR) is 83.3 cm³/mol. The molecule has 0 aromatic heterocycles. The number of thiocarbonyl (C=S) groups is 1. The number of benzene rings is 2. The van der Waals surface area contributed by atoms with Gasteiger partial charge in [0.05, 0.1) is 7.11 Å². The first kappa shape index (κ1) is 13.4. The summed E-state index contributed by atoms with van der Waals surface area (Å²) in [6.45, 7) is 1.99. The minimum Gasteiger partial charge on any atom is -0.497 e. The van der Waals surface area contributed by atoms with Crippen LogP contribution in [-0.2, 0) is 0 Å². The van der Waals surface area contributed by atoms with Crippen LogP contribution in [0.4, 0.5) is 11.4 Å². The molecule has 0 saturated carbocycles. The lowest BCUT2D eigenvalue weighted by Gasteiger charge is -2.10. The van der Waals surface area contributed by atoms with Crippen LogP contribution in [-0.4, -0.2) is 12.1 Å². The molecule has 0 radical (unpaired) electrons. The highest BCUT2D eigenvalue weighted by Gasteiger charge is 2.03. The van der Waals surface area contributed by atoms with Gasteiger partial charge in [-0.2, -0.15) is 0 Å². The van der Waals surface area contributed by atoms with E-state index in [1.807, 2.05) is 49.4 Å². The van der Waals surface area contributed by atoms with Gasteiger partial charge in [-0.1, -0.05) is 18.3 Å². The number of nitrogens with one attached hydrogen (secondary N) is 1. The molecule has 0 amide bonds. The second-order valence-electron chi connectivity index (χ2n) is 4.25. The van der Waals surface area contributed by atoms with E-state index in [0.717, 1.165) is 28.3 Å². The Labute approximate surface area is 118 Å². The third-order valence-electron chi connectivity index (χ3n) is 2.85. The summed E-state index contributed by atoms with van der Waals surface area (Å²) in [4.78, 5) is 0.422. The van der Waals surface area contributed by atoms with Crippen LogP contribution in [0.1, 0.15) is 11.1 Å². The third-order valence-corrected chi connectivity index (χ3v) is 3.07. The molecule has 19 heavy (non-hydrogen) atoms. The quantitative estimate of drug-likeness (QED) is 0.838. The van der Waals surface area contributed by atoms with Gasteiger partial charge in [-0.15, -0.1) is 0 Å². The Morgan fingerprint density at radius 2 is 1.89 bits per heavy atom. The standard InChI is InChI=1S/C15H16N2OS/c1-10-8-12(6-7-14(10)15(16)19)17-11-4-3-5-13(9-11)18-2/h3-9,17H,1-2H3,(H2,16,19). The van der Waals surface area contributed by atoms with Crippen LogP contribution in [0.15, 0.2) is 42.5 Å². The number of aryl methyl sites for hydroxylation is 1. The molecule has 2 aromatic rings. The number of hydrogen-bond acceptors (Lipinski definition) is 3. The van der Waals surface area contributed by atoms with Gasteiger partial charge in [-0.25, -0.2) is 0 Å². The van der Waals surface area contributed by atoms with Gasteiger partial charge in [0.25, 0.3) is 0 Å². The van der Waals surface area contributed by atoms with Crippen LogP contribution in [0.5, 0.6) is 5.75 Å². The molecule has 0 aliphatic heterocycles.